The van der Waals surface area contributed by atoms with Gasteiger partial charge in [0.2, 0.25) is 5.91 Å². The van der Waals surface area contributed by atoms with Gasteiger partial charge in [0.25, 0.3) is 0 Å². The summed E-state index contributed by atoms with van der Waals surface area (Å²) >= 11 is 0. The minimum atomic E-state index is -0.0498. The van der Waals surface area contributed by atoms with Gasteiger partial charge < -0.3 is 10.6 Å². The van der Waals surface area contributed by atoms with Crippen LogP contribution in [-0.4, -0.2) is 47.9 Å². The van der Waals surface area contributed by atoms with Crippen molar-refractivity contribution in [1.29, 1.82) is 0 Å². The van der Waals surface area contributed by atoms with E-state index in [9.17, 15) is 4.79 Å². The number of benzene rings is 1. The quantitative estimate of drug-likeness (QED) is 0.905. The van der Waals surface area contributed by atoms with Crippen LogP contribution in [-0.2, 0) is 11.3 Å². The molecule has 110 valence electrons. The van der Waals surface area contributed by atoms with Gasteiger partial charge in [-0.15, -0.1) is 0 Å². The molecule has 1 amide bonds. The van der Waals surface area contributed by atoms with E-state index in [2.05, 4.69) is 29.2 Å². The normalized spacial score (nSPS) is 18.6. The molecule has 1 heterocycles. The van der Waals surface area contributed by atoms with Crippen molar-refractivity contribution in [2.24, 2.45) is 5.73 Å². The molecule has 1 aliphatic heterocycles. The molecular weight excluding hydrogens is 250 g/mol. The van der Waals surface area contributed by atoms with Crippen LogP contribution < -0.4 is 5.73 Å². The number of nitrogens with zero attached hydrogens (tertiary/aromatic N) is 2. The summed E-state index contributed by atoms with van der Waals surface area (Å²) in [5.41, 5.74) is 7.05. The van der Waals surface area contributed by atoms with Crippen molar-refractivity contribution in [1.82, 2.24) is 9.80 Å². The fraction of sp³-hybridized carbons (Fsp3) is 0.562. The standard InChI is InChI=1S/C16H25N3O/c1-14(17)12-16(20)19-9-5-8-18(10-11-19)13-15-6-3-2-4-7-15/h2-4,6-7,14H,5,8-13,17H2,1H3. The number of rotatable bonds is 4. The first kappa shape index (κ1) is 15.0. The number of nitrogens with two attached hydrogens (primary N) is 1. The van der Waals surface area contributed by atoms with Gasteiger partial charge in [-0.25, -0.2) is 0 Å². The molecule has 1 saturated heterocycles. The van der Waals surface area contributed by atoms with E-state index in [4.69, 9.17) is 5.73 Å². The Morgan fingerprint density at radius 1 is 1.20 bits per heavy atom. The molecule has 0 bridgehead atoms. The molecule has 4 heteroatoms. The van der Waals surface area contributed by atoms with Crippen LogP contribution in [0, 0.1) is 0 Å². The fourth-order valence-corrected chi connectivity index (χ4v) is 2.62. The van der Waals surface area contributed by atoms with Crippen molar-refractivity contribution in [3.63, 3.8) is 0 Å². The maximum atomic E-state index is 12.1. The zero-order valence-electron chi connectivity index (χ0n) is 12.3. The van der Waals surface area contributed by atoms with Gasteiger partial charge in [0.1, 0.15) is 0 Å². The molecule has 2 rings (SSSR count). The van der Waals surface area contributed by atoms with E-state index >= 15 is 0 Å². The largest absolute Gasteiger partial charge is 0.341 e. The van der Waals surface area contributed by atoms with E-state index in [0.717, 1.165) is 39.1 Å². The first-order valence-corrected chi connectivity index (χ1v) is 7.45. The summed E-state index contributed by atoms with van der Waals surface area (Å²) in [6, 6.07) is 10.5. The van der Waals surface area contributed by atoms with Gasteiger partial charge in [-0.3, -0.25) is 9.69 Å². The topological polar surface area (TPSA) is 49.6 Å². The molecule has 1 unspecified atom stereocenters. The van der Waals surface area contributed by atoms with E-state index in [1.54, 1.807) is 0 Å². The molecule has 1 aliphatic rings. The molecule has 20 heavy (non-hydrogen) atoms. The molecule has 1 aromatic carbocycles. The molecule has 0 spiro atoms. The van der Waals surface area contributed by atoms with Crippen molar-refractivity contribution in [2.75, 3.05) is 26.2 Å². The van der Waals surface area contributed by atoms with Crippen LogP contribution in [0.15, 0.2) is 30.3 Å². The van der Waals surface area contributed by atoms with Crippen LogP contribution in [0.4, 0.5) is 0 Å². The lowest BCUT2D eigenvalue weighted by molar-refractivity contribution is -0.131. The third kappa shape index (κ3) is 4.62. The monoisotopic (exact) mass is 275 g/mol. The van der Waals surface area contributed by atoms with Gasteiger partial charge in [-0.2, -0.15) is 0 Å². The zero-order chi connectivity index (χ0) is 14.4. The van der Waals surface area contributed by atoms with E-state index in [0.29, 0.717) is 6.42 Å². The summed E-state index contributed by atoms with van der Waals surface area (Å²) < 4.78 is 0. The highest BCUT2D eigenvalue weighted by Gasteiger charge is 2.19. The van der Waals surface area contributed by atoms with Crippen molar-refractivity contribution in [3.05, 3.63) is 35.9 Å². The van der Waals surface area contributed by atoms with Crippen LogP contribution in [0.1, 0.15) is 25.3 Å². The minimum absolute atomic E-state index is 0.0498. The summed E-state index contributed by atoms with van der Waals surface area (Å²) in [5.74, 6) is 0.196. The van der Waals surface area contributed by atoms with Crippen LogP contribution >= 0.6 is 0 Å². The molecule has 0 saturated carbocycles. The summed E-state index contributed by atoms with van der Waals surface area (Å²) in [7, 11) is 0. The second-order valence-corrected chi connectivity index (χ2v) is 5.68. The lowest BCUT2D eigenvalue weighted by Gasteiger charge is -2.22. The van der Waals surface area contributed by atoms with Gasteiger partial charge in [-0.05, 0) is 18.9 Å². The Labute approximate surface area is 121 Å². The number of hydrogen-bond acceptors (Lipinski definition) is 3. The van der Waals surface area contributed by atoms with Crippen LogP contribution in [0.5, 0.6) is 0 Å². The van der Waals surface area contributed by atoms with Crippen LogP contribution in [0.25, 0.3) is 0 Å². The average Bonchev–Trinajstić information content (AvgIpc) is 2.65. The molecule has 1 aromatic rings. The SMILES string of the molecule is CC(N)CC(=O)N1CCCN(Cc2ccccc2)CC1. The van der Waals surface area contributed by atoms with Crippen molar-refractivity contribution in [2.45, 2.75) is 32.4 Å². The Morgan fingerprint density at radius 2 is 1.95 bits per heavy atom. The van der Waals surface area contributed by atoms with Gasteiger partial charge in [-0.1, -0.05) is 30.3 Å². The van der Waals surface area contributed by atoms with Gasteiger partial charge in [0, 0.05) is 45.2 Å². The Hall–Kier alpha value is -1.39. The molecule has 0 aliphatic carbocycles. The Morgan fingerprint density at radius 3 is 2.65 bits per heavy atom. The fourth-order valence-electron chi connectivity index (χ4n) is 2.62. The van der Waals surface area contributed by atoms with Crippen LogP contribution in [0.2, 0.25) is 0 Å². The van der Waals surface area contributed by atoms with E-state index in [-0.39, 0.29) is 11.9 Å². The summed E-state index contributed by atoms with van der Waals surface area (Å²) in [6.45, 7) is 6.53. The predicted molar refractivity (Wildman–Crippen MR) is 81.2 cm³/mol. The van der Waals surface area contributed by atoms with E-state index in [1.165, 1.54) is 5.56 Å². The van der Waals surface area contributed by atoms with Crippen LogP contribution in [0.3, 0.4) is 0 Å². The molecule has 2 N–H and O–H groups in total. The Kier molecular flexibility index (Phi) is 5.56. The van der Waals surface area contributed by atoms with Crippen molar-refractivity contribution in [3.8, 4) is 0 Å². The number of hydrogen-bond donors (Lipinski definition) is 1. The maximum Gasteiger partial charge on any atom is 0.224 e. The van der Waals surface area contributed by atoms with Gasteiger partial charge >= 0.3 is 0 Å². The molecule has 0 radical (unpaired) electrons. The van der Waals surface area contributed by atoms with Crippen molar-refractivity contribution >= 4 is 5.91 Å². The highest BCUT2D eigenvalue weighted by Crippen LogP contribution is 2.10. The number of carbonyl (C=O) groups is 1. The van der Waals surface area contributed by atoms with Gasteiger partial charge in [0.05, 0.1) is 0 Å². The predicted octanol–water partition coefficient (Wildman–Crippen LogP) is 1.46. The number of amides is 1. The average molecular weight is 275 g/mol. The molecule has 0 aromatic heterocycles. The van der Waals surface area contributed by atoms with Crippen molar-refractivity contribution < 1.29 is 4.79 Å². The Balaban J connectivity index is 1.84. The minimum Gasteiger partial charge on any atom is -0.341 e. The first-order valence-electron chi connectivity index (χ1n) is 7.45. The maximum absolute atomic E-state index is 12.1. The first-order chi connectivity index (χ1) is 9.65. The lowest BCUT2D eigenvalue weighted by Crippen LogP contribution is -2.37. The second-order valence-electron chi connectivity index (χ2n) is 5.68. The molecule has 4 nitrogen and oxygen atoms in total. The lowest BCUT2D eigenvalue weighted by atomic mass is 10.2. The summed E-state index contributed by atoms with van der Waals surface area (Å²) in [5, 5.41) is 0. The zero-order valence-corrected chi connectivity index (χ0v) is 12.3. The smallest absolute Gasteiger partial charge is 0.224 e. The van der Waals surface area contributed by atoms with Gasteiger partial charge in [0.15, 0.2) is 0 Å². The number of carbonyl (C=O) groups excluding carboxylic acids is 1. The third-order valence-corrected chi connectivity index (χ3v) is 3.69. The molecule has 1 fully saturated rings. The molecule has 1 atom stereocenters. The second kappa shape index (κ2) is 7.41. The van der Waals surface area contributed by atoms with E-state index in [1.807, 2.05) is 17.9 Å². The Bertz CT molecular complexity index is 419. The highest BCUT2D eigenvalue weighted by molar-refractivity contribution is 5.76. The highest BCUT2D eigenvalue weighted by atomic mass is 16.2. The summed E-state index contributed by atoms with van der Waals surface area (Å²) in [4.78, 5) is 16.4. The van der Waals surface area contributed by atoms with E-state index < -0.39 is 0 Å². The third-order valence-electron chi connectivity index (χ3n) is 3.69. The molecular formula is C16H25N3O. The summed E-state index contributed by atoms with van der Waals surface area (Å²) in [6.07, 6.45) is 1.50.